The molecular weight excluding hydrogens is 496 g/mol. The Morgan fingerprint density at radius 1 is 0.861 bits per heavy atom. The minimum atomic E-state index is -3.46. The van der Waals surface area contributed by atoms with Gasteiger partial charge in [0.25, 0.3) is 10.2 Å². The van der Waals surface area contributed by atoms with Crippen LogP contribution >= 0.6 is 11.6 Å². The Hall–Kier alpha value is -3.16. The normalized spacial score (nSPS) is 14.4. The van der Waals surface area contributed by atoms with Crippen LogP contribution in [0.4, 0.5) is 11.5 Å². The number of anilines is 2. The predicted octanol–water partition coefficient (Wildman–Crippen LogP) is 3.19. The van der Waals surface area contributed by atoms with E-state index >= 15 is 0 Å². The maximum atomic E-state index is 12.6. The molecule has 0 bridgehead atoms. The van der Waals surface area contributed by atoms with Gasteiger partial charge in [-0.2, -0.15) is 17.0 Å². The molecule has 10 heteroatoms. The zero-order valence-corrected chi connectivity index (χ0v) is 22.4. The summed E-state index contributed by atoms with van der Waals surface area (Å²) in [5.41, 5.74) is 4.27. The van der Waals surface area contributed by atoms with Crippen LogP contribution in [0.5, 0.6) is 0 Å². The largest absolute Gasteiger partial charge is 0.378 e. The van der Waals surface area contributed by atoms with E-state index in [4.69, 9.17) is 11.6 Å². The summed E-state index contributed by atoms with van der Waals surface area (Å²) < 4.78 is 27.8. The van der Waals surface area contributed by atoms with Crippen molar-refractivity contribution in [1.29, 1.82) is 0 Å². The molecule has 2 heterocycles. The maximum Gasteiger partial charge on any atom is 0.281 e. The van der Waals surface area contributed by atoms with Crippen molar-refractivity contribution in [3.05, 3.63) is 71.1 Å². The third kappa shape index (κ3) is 5.63. The van der Waals surface area contributed by atoms with E-state index in [0.29, 0.717) is 36.9 Å². The van der Waals surface area contributed by atoms with Crippen LogP contribution in [0.15, 0.2) is 54.9 Å². The third-order valence-electron chi connectivity index (χ3n) is 6.00. The molecule has 0 spiro atoms. The first-order valence-corrected chi connectivity index (χ1v) is 13.3. The Labute approximate surface area is 218 Å². The van der Waals surface area contributed by atoms with Gasteiger partial charge >= 0.3 is 0 Å². The van der Waals surface area contributed by atoms with Crippen LogP contribution in [0, 0.1) is 11.8 Å². The van der Waals surface area contributed by atoms with E-state index in [0.717, 1.165) is 28.2 Å². The smallest absolute Gasteiger partial charge is 0.281 e. The number of halogens is 1. The summed E-state index contributed by atoms with van der Waals surface area (Å²) in [6.07, 6.45) is 1.51. The molecule has 188 valence electrons. The summed E-state index contributed by atoms with van der Waals surface area (Å²) in [5, 5.41) is 0.633. The molecule has 0 unspecified atom stereocenters. The fourth-order valence-electron chi connectivity index (χ4n) is 3.93. The van der Waals surface area contributed by atoms with Crippen molar-refractivity contribution in [1.82, 2.24) is 18.6 Å². The highest BCUT2D eigenvalue weighted by Gasteiger charge is 2.30. The van der Waals surface area contributed by atoms with Crippen LogP contribution in [0.3, 0.4) is 0 Å². The van der Waals surface area contributed by atoms with Gasteiger partial charge in [0.15, 0.2) is 0 Å². The topological polar surface area (TPSA) is 72.9 Å². The molecule has 1 aromatic heterocycles. The Balaban J connectivity index is 1.70. The number of benzene rings is 2. The van der Waals surface area contributed by atoms with Crippen molar-refractivity contribution >= 4 is 33.3 Å². The van der Waals surface area contributed by atoms with Gasteiger partial charge in [-0.25, -0.2) is 9.97 Å². The minimum Gasteiger partial charge on any atom is -0.378 e. The van der Waals surface area contributed by atoms with Crippen molar-refractivity contribution in [3.8, 4) is 23.0 Å². The predicted molar refractivity (Wildman–Crippen MR) is 146 cm³/mol. The van der Waals surface area contributed by atoms with E-state index in [1.54, 1.807) is 14.1 Å². The first kappa shape index (κ1) is 25.9. The Bertz CT molecular complexity index is 1370. The Morgan fingerprint density at radius 3 is 2.08 bits per heavy atom. The molecular formula is C26H29ClN6O2S. The highest BCUT2D eigenvalue weighted by molar-refractivity contribution is 7.86. The first-order valence-electron chi connectivity index (χ1n) is 11.5. The van der Waals surface area contributed by atoms with Gasteiger partial charge in [-0.3, -0.25) is 0 Å². The van der Waals surface area contributed by atoms with Gasteiger partial charge in [-0.15, -0.1) is 0 Å². The van der Waals surface area contributed by atoms with Crippen LogP contribution in [-0.4, -0.2) is 81.4 Å². The minimum absolute atomic E-state index is 0.365. The monoisotopic (exact) mass is 524 g/mol. The molecule has 2 aromatic carbocycles. The SMILES string of the molecule is CN(C)c1ccc(C#Cc2ncnc(N3CCN(S(=O)(=O)N(C)C)CC3)c2-c2ccc(Cl)cc2)cc1. The van der Waals surface area contributed by atoms with Crippen LogP contribution in [-0.2, 0) is 10.2 Å². The summed E-state index contributed by atoms with van der Waals surface area (Å²) in [6, 6.07) is 15.5. The average Bonchev–Trinajstić information content (AvgIpc) is 2.88. The van der Waals surface area contributed by atoms with Gasteiger partial charge in [0.05, 0.1) is 5.56 Å². The van der Waals surface area contributed by atoms with Crippen molar-refractivity contribution in [2.24, 2.45) is 0 Å². The molecule has 0 radical (unpaired) electrons. The second-order valence-corrected chi connectivity index (χ2v) is 11.4. The third-order valence-corrected chi connectivity index (χ3v) is 8.19. The number of hydrogen-bond donors (Lipinski definition) is 0. The summed E-state index contributed by atoms with van der Waals surface area (Å²) in [7, 11) is 3.62. The molecule has 8 nitrogen and oxygen atoms in total. The number of nitrogens with zero attached hydrogens (tertiary/aromatic N) is 6. The van der Waals surface area contributed by atoms with Gasteiger partial charge in [0, 0.05) is 70.6 Å². The van der Waals surface area contributed by atoms with Crippen LogP contribution in [0.2, 0.25) is 5.02 Å². The number of hydrogen-bond acceptors (Lipinski definition) is 6. The van der Waals surface area contributed by atoms with E-state index in [1.807, 2.05) is 67.5 Å². The molecule has 1 aliphatic heterocycles. The Morgan fingerprint density at radius 2 is 1.50 bits per heavy atom. The van der Waals surface area contributed by atoms with E-state index in [1.165, 1.54) is 14.9 Å². The highest BCUT2D eigenvalue weighted by Crippen LogP contribution is 2.33. The molecule has 1 fully saturated rings. The summed E-state index contributed by atoms with van der Waals surface area (Å²) in [6.45, 7) is 1.74. The highest BCUT2D eigenvalue weighted by atomic mass is 35.5. The molecule has 3 aromatic rings. The lowest BCUT2D eigenvalue weighted by molar-refractivity contribution is 0.355. The standard InChI is InChI=1S/C26H29ClN6O2S/c1-30(2)23-12-5-20(6-13-23)7-14-24-25(21-8-10-22(27)11-9-21)26(29-19-28-24)32-15-17-33(18-16-32)36(34,35)31(3)4/h5-6,8-13,19H,15-18H2,1-4H3. The molecule has 0 atom stereocenters. The number of aromatic nitrogens is 2. The van der Waals surface area contributed by atoms with Crippen LogP contribution < -0.4 is 9.80 Å². The van der Waals surface area contributed by atoms with Crippen molar-refractivity contribution < 1.29 is 8.42 Å². The van der Waals surface area contributed by atoms with E-state index < -0.39 is 10.2 Å². The van der Waals surface area contributed by atoms with Gasteiger partial charge < -0.3 is 9.80 Å². The van der Waals surface area contributed by atoms with Gasteiger partial charge in [-0.1, -0.05) is 29.7 Å². The fraction of sp³-hybridized carbons (Fsp3) is 0.308. The summed E-state index contributed by atoms with van der Waals surface area (Å²) >= 11 is 6.15. The quantitative estimate of drug-likeness (QED) is 0.477. The van der Waals surface area contributed by atoms with Crippen LogP contribution in [0.25, 0.3) is 11.1 Å². The molecule has 0 amide bonds. The lowest BCUT2D eigenvalue weighted by Gasteiger charge is -2.36. The molecule has 4 rings (SSSR count). The zero-order valence-electron chi connectivity index (χ0n) is 20.8. The summed E-state index contributed by atoms with van der Waals surface area (Å²) in [4.78, 5) is 13.2. The molecule has 0 saturated carbocycles. The average molecular weight is 525 g/mol. The second kappa shape index (κ2) is 10.8. The van der Waals surface area contributed by atoms with E-state index in [9.17, 15) is 8.42 Å². The Kier molecular flexibility index (Phi) is 7.81. The molecule has 1 aliphatic rings. The number of piperazine rings is 1. The van der Waals surface area contributed by atoms with Crippen LogP contribution in [0.1, 0.15) is 11.3 Å². The van der Waals surface area contributed by atoms with E-state index in [2.05, 4.69) is 26.7 Å². The molecule has 0 N–H and O–H groups in total. The molecule has 1 saturated heterocycles. The first-order chi connectivity index (χ1) is 17.2. The second-order valence-electron chi connectivity index (χ2n) is 8.80. The van der Waals surface area contributed by atoms with Gasteiger partial charge in [0.1, 0.15) is 17.8 Å². The fourth-order valence-corrected chi connectivity index (χ4v) is 5.14. The number of rotatable bonds is 5. The van der Waals surface area contributed by atoms with Gasteiger partial charge in [-0.05, 0) is 47.9 Å². The zero-order chi connectivity index (χ0) is 25.9. The summed E-state index contributed by atoms with van der Waals surface area (Å²) in [5.74, 6) is 7.18. The van der Waals surface area contributed by atoms with Crippen molar-refractivity contribution in [3.63, 3.8) is 0 Å². The lowest BCUT2D eigenvalue weighted by atomic mass is 10.0. The molecule has 36 heavy (non-hydrogen) atoms. The lowest BCUT2D eigenvalue weighted by Crippen LogP contribution is -2.52. The van der Waals surface area contributed by atoms with Crippen molar-refractivity contribution in [2.75, 3.05) is 64.2 Å². The van der Waals surface area contributed by atoms with E-state index in [-0.39, 0.29) is 0 Å². The van der Waals surface area contributed by atoms with Gasteiger partial charge in [0.2, 0.25) is 0 Å². The maximum absolute atomic E-state index is 12.6. The van der Waals surface area contributed by atoms with Crippen molar-refractivity contribution in [2.45, 2.75) is 0 Å². The molecule has 0 aliphatic carbocycles.